The molecule has 0 saturated carbocycles. The molecule has 0 radical (unpaired) electrons. The van der Waals surface area contributed by atoms with E-state index < -0.39 is 5.97 Å². The number of carbonyl (C=O) groups is 1. The van der Waals surface area contributed by atoms with E-state index in [4.69, 9.17) is 22.0 Å². The monoisotopic (exact) mass is 307 g/mol. The lowest BCUT2D eigenvalue weighted by Crippen LogP contribution is -2.00. The third-order valence-corrected chi connectivity index (χ3v) is 3.27. The zero-order chi connectivity index (χ0) is 10.0. The number of nitriles is 1. The maximum atomic E-state index is 10.6. The molecular formula is C8H3ClINO2. The van der Waals surface area contributed by atoms with Gasteiger partial charge in [0.15, 0.2) is 0 Å². The molecule has 0 fully saturated rings. The maximum absolute atomic E-state index is 10.6. The van der Waals surface area contributed by atoms with Gasteiger partial charge in [-0.2, -0.15) is 5.26 Å². The van der Waals surface area contributed by atoms with Crippen LogP contribution in [0.15, 0.2) is 12.1 Å². The SMILES string of the molecule is N#Cc1ccc(C(=O)O)c(I)c1Cl. The molecule has 0 amide bonds. The summed E-state index contributed by atoms with van der Waals surface area (Å²) < 4.78 is 0.394. The van der Waals surface area contributed by atoms with E-state index in [0.29, 0.717) is 3.57 Å². The van der Waals surface area contributed by atoms with Crippen molar-refractivity contribution >= 4 is 40.2 Å². The van der Waals surface area contributed by atoms with Gasteiger partial charge in [-0.1, -0.05) is 11.6 Å². The first-order chi connectivity index (χ1) is 6.07. The molecule has 66 valence electrons. The van der Waals surface area contributed by atoms with Gasteiger partial charge < -0.3 is 5.11 Å². The molecule has 1 aromatic rings. The lowest BCUT2D eigenvalue weighted by atomic mass is 10.1. The van der Waals surface area contributed by atoms with Gasteiger partial charge in [0.2, 0.25) is 0 Å². The Morgan fingerprint density at radius 3 is 2.69 bits per heavy atom. The first-order valence-electron chi connectivity index (χ1n) is 3.19. The van der Waals surface area contributed by atoms with E-state index in [9.17, 15) is 4.79 Å². The molecule has 13 heavy (non-hydrogen) atoms. The summed E-state index contributed by atoms with van der Waals surface area (Å²) in [6.07, 6.45) is 0. The molecule has 0 saturated heterocycles. The van der Waals surface area contributed by atoms with Gasteiger partial charge in [0.05, 0.1) is 16.1 Å². The van der Waals surface area contributed by atoms with Crippen molar-refractivity contribution in [2.75, 3.05) is 0 Å². The first kappa shape index (κ1) is 10.3. The number of halogens is 2. The van der Waals surface area contributed by atoms with Gasteiger partial charge in [0.25, 0.3) is 0 Å². The molecule has 3 nitrogen and oxygen atoms in total. The van der Waals surface area contributed by atoms with Gasteiger partial charge in [-0.15, -0.1) is 0 Å². The second kappa shape index (κ2) is 3.94. The van der Waals surface area contributed by atoms with Gasteiger partial charge in [-0.25, -0.2) is 4.79 Å². The number of carboxylic acid groups (broad SMARTS) is 1. The third-order valence-electron chi connectivity index (χ3n) is 1.43. The Morgan fingerprint density at radius 1 is 1.62 bits per heavy atom. The van der Waals surface area contributed by atoms with Crippen LogP contribution < -0.4 is 0 Å². The number of hydrogen-bond donors (Lipinski definition) is 1. The first-order valence-corrected chi connectivity index (χ1v) is 4.65. The zero-order valence-electron chi connectivity index (χ0n) is 6.21. The highest BCUT2D eigenvalue weighted by atomic mass is 127. The van der Waals surface area contributed by atoms with Crippen LogP contribution in [0.2, 0.25) is 5.02 Å². The predicted molar refractivity (Wildman–Crippen MR) is 55.8 cm³/mol. The van der Waals surface area contributed by atoms with E-state index in [-0.39, 0.29) is 16.1 Å². The van der Waals surface area contributed by atoms with Crippen molar-refractivity contribution in [3.8, 4) is 6.07 Å². The lowest BCUT2D eigenvalue weighted by Gasteiger charge is -2.01. The minimum absolute atomic E-state index is 0.115. The molecule has 0 heterocycles. The quantitative estimate of drug-likeness (QED) is 0.811. The van der Waals surface area contributed by atoms with Crippen LogP contribution in [-0.4, -0.2) is 11.1 Å². The third kappa shape index (κ3) is 1.92. The van der Waals surface area contributed by atoms with Crippen molar-refractivity contribution in [2.45, 2.75) is 0 Å². The van der Waals surface area contributed by atoms with E-state index in [0.717, 1.165) is 0 Å². The van der Waals surface area contributed by atoms with Crippen molar-refractivity contribution in [3.63, 3.8) is 0 Å². The zero-order valence-corrected chi connectivity index (χ0v) is 9.13. The number of nitrogens with zero attached hydrogens (tertiary/aromatic N) is 1. The second-order valence-corrected chi connectivity index (χ2v) is 3.66. The van der Waals surface area contributed by atoms with Crippen LogP contribution in [0.3, 0.4) is 0 Å². The molecule has 0 aromatic heterocycles. The topological polar surface area (TPSA) is 61.1 Å². The van der Waals surface area contributed by atoms with Crippen molar-refractivity contribution < 1.29 is 9.90 Å². The molecule has 5 heteroatoms. The summed E-state index contributed by atoms with van der Waals surface area (Å²) in [4.78, 5) is 10.6. The largest absolute Gasteiger partial charge is 0.478 e. The minimum Gasteiger partial charge on any atom is -0.478 e. The summed E-state index contributed by atoms with van der Waals surface area (Å²) in [5.74, 6) is -1.05. The van der Waals surface area contributed by atoms with Gasteiger partial charge in [-0.05, 0) is 34.7 Å². The fraction of sp³-hybridized carbons (Fsp3) is 0. The summed E-state index contributed by atoms with van der Waals surface area (Å²) >= 11 is 7.55. The highest BCUT2D eigenvalue weighted by Crippen LogP contribution is 2.25. The van der Waals surface area contributed by atoms with Crippen LogP contribution in [0, 0.1) is 14.9 Å². The van der Waals surface area contributed by atoms with Gasteiger partial charge in [0, 0.05) is 3.57 Å². The van der Waals surface area contributed by atoms with Crippen molar-refractivity contribution in [3.05, 3.63) is 31.9 Å². The Kier molecular flexibility index (Phi) is 3.12. The molecule has 0 spiro atoms. The lowest BCUT2D eigenvalue weighted by molar-refractivity contribution is 0.0695. The van der Waals surface area contributed by atoms with E-state index >= 15 is 0 Å². The average molecular weight is 307 g/mol. The highest BCUT2D eigenvalue weighted by molar-refractivity contribution is 14.1. The number of carboxylic acids is 1. The smallest absolute Gasteiger partial charge is 0.336 e. The number of hydrogen-bond acceptors (Lipinski definition) is 2. The van der Waals surface area contributed by atoms with Crippen LogP contribution in [0.1, 0.15) is 15.9 Å². The molecule has 1 N–H and O–H groups in total. The molecular weight excluding hydrogens is 304 g/mol. The average Bonchev–Trinajstić information content (AvgIpc) is 2.09. The molecule has 0 unspecified atom stereocenters. The maximum Gasteiger partial charge on any atom is 0.336 e. The van der Waals surface area contributed by atoms with E-state index in [1.165, 1.54) is 12.1 Å². The normalized spacial score (nSPS) is 9.31. The fourth-order valence-corrected chi connectivity index (χ4v) is 1.71. The fourth-order valence-electron chi connectivity index (χ4n) is 0.801. The van der Waals surface area contributed by atoms with Crippen molar-refractivity contribution in [1.29, 1.82) is 5.26 Å². The molecule has 1 aromatic carbocycles. The summed E-state index contributed by atoms with van der Waals surface area (Å²) in [5, 5.41) is 17.5. The number of benzene rings is 1. The summed E-state index contributed by atoms with van der Waals surface area (Å²) in [6.45, 7) is 0. The van der Waals surface area contributed by atoms with Crippen molar-refractivity contribution in [1.82, 2.24) is 0 Å². The van der Waals surface area contributed by atoms with Crippen LogP contribution in [0.4, 0.5) is 0 Å². The van der Waals surface area contributed by atoms with E-state index in [1.807, 2.05) is 6.07 Å². The molecule has 1 rings (SSSR count). The molecule has 0 atom stereocenters. The van der Waals surface area contributed by atoms with Gasteiger partial charge in [-0.3, -0.25) is 0 Å². The van der Waals surface area contributed by atoms with Crippen LogP contribution >= 0.6 is 34.2 Å². The number of aromatic carboxylic acids is 1. The highest BCUT2D eigenvalue weighted by Gasteiger charge is 2.13. The van der Waals surface area contributed by atoms with E-state index in [2.05, 4.69) is 0 Å². The van der Waals surface area contributed by atoms with Crippen LogP contribution in [0.5, 0.6) is 0 Å². The van der Waals surface area contributed by atoms with Gasteiger partial charge in [0.1, 0.15) is 6.07 Å². The van der Waals surface area contributed by atoms with Crippen LogP contribution in [-0.2, 0) is 0 Å². The Morgan fingerprint density at radius 2 is 2.23 bits per heavy atom. The Hall–Kier alpha value is -0.800. The standard InChI is InChI=1S/C8H3ClINO2/c9-6-4(3-11)1-2-5(7(6)10)8(12)13/h1-2H,(H,12,13). The molecule has 0 aliphatic rings. The predicted octanol–water partition coefficient (Wildman–Crippen LogP) is 2.51. The summed E-state index contributed by atoms with van der Waals surface area (Å²) in [5.41, 5.74) is 0.403. The Balaban J connectivity index is 3.42. The second-order valence-electron chi connectivity index (χ2n) is 2.21. The number of rotatable bonds is 1. The molecule has 0 aliphatic carbocycles. The van der Waals surface area contributed by atoms with Crippen LogP contribution in [0.25, 0.3) is 0 Å². The van der Waals surface area contributed by atoms with Crippen molar-refractivity contribution in [2.24, 2.45) is 0 Å². The summed E-state index contributed by atoms with van der Waals surface area (Å²) in [6, 6.07) is 4.64. The molecule has 0 bridgehead atoms. The van der Waals surface area contributed by atoms with E-state index in [1.54, 1.807) is 22.6 Å². The Labute approximate surface area is 93.1 Å². The minimum atomic E-state index is -1.05. The Bertz CT molecular complexity index is 411. The van der Waals surface area contributed by atoms with Gasteiger partial charge >= 0.3 is 5.97 Å². The summed E-state index contributed by atoms with van der Waals surface area (Å²) in [7, 11) is 0. The molecule has 0 aliphatic heterocycles.